The Morgan fingerprint density at radius 3 is 2.65 bits per heavy atom. The van der Waals surface area contributed by atoms with Crippen LogP contribution in [0.5, 0.6) is 5.88 Å². The molecule has 0 spiro atoms. The Morgan fingerprint density at radius 1 is 1.35 bits per heavy atom. The topological polar surface area (TPSA) is 27.1 Å². The van der Waals surface area contributed by atoms with Gasteiger partial charge in [0.1, 0.15) is 17.4 Å². The van der Waals surface area contributed by atoms with E-state index in [0.29, 0.717) is 10.6 Å². The second-order valence-corrected chi connectivity index (χ2v) is 4.72. The summed E-state index contributed by atoms with van der Waals surface area (Å²) in [5, 5.41) is 4.24. The first-order valence-electron chi connectivity index (χ1n) is 5.46. The maximum absolute atomic E-state index is 13.0. The number of aromatic nitrogens is 2. The van der Waals surface area contributed by atoms with Crippen molar-refractivity contribution < 1.29 is 17.9 Å². The Kier molecular flexibility index (Phi) is 4.45. The monoisotopic (exact) mass is 324 g/mol. The first-order valence-corrected chi connectivity index (χ1v) is 6.21. The molecule has 108 valence electrons. The first-order chi connectivity index (χ1) is 9.43. The van der Waals surface area contributed by atoms with Gasteiger partial charge in [-0.15, -0.1) is 0 Å². The zero-order valence-electron chi connectivity index (χ0n) is 10.2. The number of rotatable bonds is 4. The van der Waals surface area contributed by atoms with E-state index in [1.165, 1.54) is 25.2 Å². The summed E-state index contributed by atoms with van der Waals surface area (Å²) in [6.07, 6.45) is 0. The largest absolute Gasteiger partial charge is 0.416 e. The summed E-state index contributed by atoms with van der Waals surface area (Å²) >= 11 is 11.8. The summed E-state index contributed by atoms with van der Waals surface area (Å²) in [7, 11) is 1.40. The van der Waals surface area contributed by atoms with Gasteiger partial charge in [0.25, 0.3) is 0 Å². The first kappa shape index (κ1) is 15.0. The fourth-order valence-electron chi connectivity index (χ4n) is 1.77. The van der Waals surface area contributed by atoms with Crippen molar-refractivity contribution >= 4 is 23.2 Å². The fraction of sp³-hybridized carbons (Fsp3) is 0.250. The van der Waals surface area contributed by atoms with Crippen LogP contribution in [-0.4, -0.2) is 16.4 Å². The van der Waals surface area contributed by atoms with Crippen molar-refractivity contribution in [3.05, 3.63) is 33.8 Å². The van der Waals surface area contributed by atoms with Crippen LogP contribution in [0.15, 0.2) is 18.2 Å². The van der Waals surface area contributed by atoms with Crippen molar-refractivity contribution in [3.63, 3.8) is 0 Å². The maximum Gasteiger partial charge on any atom is 0.388 e. The van der Waals surface area contributed by atoms with E-state index < -0.39 is 13.3 Å². The summed E-state index contributed by atoms with van der Waals surface area (Å²) in [6.45, 7) is -3.81. The maximum atomic E-state index is 13.0. The van der Waals surface area contributed by atoms with Gasteiger partial charge in [-0.05, 0) is 17.7 Å². The van der Waals surface area contributed by atoms with Gasteiger partial charge >= 0.3 is 6.61 Å². The van der Waals surface area contributed by atoms with Gasteiger partial charge in [0, 0.05) is 17.6 Å². The third-order valence-electron chi connectivity index (χ3n) is 2.61. The molecule has 0 bridgehead atoms. The Morgan fingerprint density at radius 2 is 2.05 bits per heavy atom. The zero-order valence-corrected chi connectivity index (χ0v) is 11.7. The highest BCUT2D eigenvalue weighted by molar-refractivity contribution is 6.34. The molecule has 8 heteroatoms. The van der Waals surface area contributed by atoms with Crippen LogP contribution in [0.2, 0.25) is 10.0 Å². The number of nitrogens with zero attached hydrogens (tertiary/aromatic N) is 2. The van der Waals surface area contributed by atoms with Gasteiger partial charge in [-0.25, -0.2) is 9.07 Å². The quantitative estimate of drug-likeness (QED) is 0.830. The van der Waals surface area contributed by atoms with E-state index in [0.717, 1.165) is 4.68 Å². The molecule has 0 saturated carbocycles. The van der Waals surface area contributed by atoms with E-state index in [2.05, 4.69) is 9.84 Å². The molecule has 20 heavy (non-hydrogen) atoms. The van der Waals surface area contributed by atoms with Crippen molar-refractivity contribution in [1.29, 1.82) is 0 Å². The van der Waals surface area contributed by atoms with Crippen LogP contribution in [0.1, 0.15) is 5.56 Å². The van der Waals surface area contributed by atoms with Gasteiger partial charge in [0.15, 0.2) is 0 Å². The smallest absolute Gasteiger partial charge is 0.388 e. The predicted molar refractivity (Wildman–Crippen MR) is 70.1 cm³/mol. The van der Waals surface area contributed by atoms with Crippen LogP contribution >= 0.6 is 23.2 Å². The lowest BCUT2D eigenvalue weighted by Crippen LogP contribution is -2.06. The predicted octanol–water partition coefficient (Wildman–Crippen LogP) is 4.46. The summed E-state index contributed by atoms with van der Waals surface area (Å²) in [5.41, 5.74) is 0.803. The number of benzene rings is 1. The molecule has 2 aromatic rings. The molecule has 1 aromatic carbocycles. The summed E-state index contributed by atoms with van der Waals surface area (Å²) in [4.78, 5) is 0. The van der Waals surface area contributed by atoms with Crippen molar-refractivity contribution in [3.8, 4) is 17.1 Å². The molecule has 0 aliphatic heterocycles. The van der Waals surface area contributed by atoms with Crippen LogP contribution in [0.25, 0.3) is 11.3 Å². The Hall–Kier alpha value is -1.40. The molecule has 0 aliphatic rings. The van der Waals surface area contributed by atoms with E-state index in [-0.39, 0.29) is 22.2 Å². The lowest BCUT2D eigenvalue weighted by Gasteiger charge is -2.05. The summed E-state index contributed by atoms with van der Waals surface area (Å²) < 4.78 is 43.0. The van der Waals surface area contributed by atoms with E-state index in [1.54, 1.807) is 0 Å². The van der Waals surface area contributed by atoms with E-state index in [4.69, 9.17) is 23.2 Å². The van der Waals surface area contributed by atoms with Crippen LogP contribution in [0, 0.1) is 0 Å². The number of alkyl halides is 3. The zero-order chi connectivity index (χ0) is 14.9. The van der Waals surface area contributed by atoms with Crippen LogP contribution in [0.3, 0.4) is 0 Å². The molecule has 0 fully saturated rings. The van der Waals surface area contributed by atoms with Crippen molar-refractivity contribution in [1.82, 2.24) is 9.78 Å². The molecule has 0 unspecified atom stereocenters. The minimum absolute atomic E-state index is 0.107. The standard InChI is InChI=1S/C12H9Cl2F3N2O/c1-19-11(20-12(16)17)9(14)10(18-19)8-3-2-7(13)4-6(8)5-15/h2-4,12H,5H2,1H3. The molecule has 0 saturated heterocycles. The molecule has 1 aromatic heterocycles. The summed E-state index contributed by atoms with van der Waals surface area (Å²) in [5.74, 6) is -0.281. The summed E-state index contributed by atoms with van der Waals surface area (Å²) in [6, 6.07) is 4.49. The van der Waals surface area contributed by atoms with Crippen LogP contribution in [0.4, 0.5) is 13.2 Å². The van der Waals surface area contributed by atoms with Crippen LogP contribution < -0.4 is 4.74 Å². The normalized spacial score (nSPS) is 11.2. The molecule has 0 amide bonds. The molecule has 0 N–H and O–H groups in total. The van der Waals surface area contributed by atoms with Gasteiger partial charge in [-0.3, -0.25) is 0 Å². The average Bonchev–Trinajstić information content (AvgIpc) is 2.66. The van der Waals surface area contributed by atoms with Crippen LogP contribution in [-0.2, 0) is 13.7 Å². The molecule has 2 rings (SSSR count). The van der Waals surface area contributed by atoms with E-state index >= 15 is 0 Å². The number of aryl methyl sites for hydroxylation is 1. The van der Waals surface area contributed by atoms with Gasteiger partial charge in [0.05, 0.1) is 0 Å². The Balaban J connectivity index is 2.54. The highest BCUT2D eigenvalue weighted by Crippen LogP contribution is 2.37. The molecule has 0 aliphatic carbocycles. The third-order valence-corrected chi connectivity index (χ3v) is 3.18. The molecule has 0 radical (unpaired) electrons. The van der Waals surface area contributed by atoms with Crippen molar-refractivity contribution in [2.75, 3.05) is 0 Å². The number of hydrogen-bond acceptors (Lipinski definition) is 2. The molecule has 1 heterocycles. The third kappa shape index (κ3) is 2.86. The Bertz CT molecular complexity index is 631. The molecule has 0 atom stereocenters. The minimum Gasteiger partial charge on any atom is -0.416 e. The fourth-order valence-corrected chi connectivity index (χ4v) is 2.27. The average molecular weight is 325 g/mol. The van der Waals surface area contributed by atoms with E-state index in [9.17, 15) is 13.2 Å². The van der Waals surface area contributed by atoms with Gasteiger partial charge in [-0.2, -0.15) is 13.9 Å². The second-order valence-electron chi connectivity index (χ2n) is 3.90. The number of halogens is 5. The number of ether oxygens (including phenoxy) is 1. The Labute approximate surface area is 122 Å². The van der Waals surface area contributed by atoms with Gasteiger partial charge < -0.3 is 4.74 Å². The van der Waals surface area contributed by atoms with Crippen molar-refractivity contribution in [2.24, 2.45) is 7.05 Å². The lowest BCUT2D eigenvalue weighted by molar-refractivity contribution is -0.0552. The molecular formula is C12H9Cl2F3N2O. The molecule has 3 nitrogen and oxygen atoms in total. The van der Waals surface area contributed by atoms with Gasteiger partial charge in [0.2, 0.25) is 5.88 Å². The SMILES string of the molecule is Cn1nc(-c2ccc(Cl)cc2CF)c(Cl)c1OC(F)F. The van der Waals surface area contributed by atoms with Crippen molar-refractivity contribution in [2.45, 2.75) is 13.3 Å². The lowest BCUT2D eigenvalue weighted by atomic mass is 10.1. The highest BCUT2D eigenvalue weighted by Gasteiger charge is 2.21. The highest BCUT2D eigenvalue weighted by atomic mass is 35.5. The molecular weight excluding hydrogens is 316 g/mol. The number of hydrogen-bond donors (Lipinski definition) is 0. The minimum atomic E-state index is -3.03. The van der Waals surface area contributed by atoms with E-state index in [1.807, 2.05) is 0 Å². The second kappa shape index (κ2) is 5.93. The van der Waals surface area contributed by atoms with Gasteiger partial charge in [-0.1, -0.05) is 29.3 Å².